The highest BCUT2D eigenvalue weighted by Crippen LogP contribution is 2.20. The third-order valence-corrected chi connectivity index (χ3v) is 3.36. The van der Waals surface area contributed by atoms with Crippen LogP contribution in [0.15, 0.2) is 35.1 Å². The van der Waals surface area contributed by atoms with Gasteiger partial charge in [0, 0.05) is 5.56 Å². The second-order valence-electron chi connectivity index (χ2n) is 5.83. The monoisotopic (exact) mass is 347 g/mol. The molecule has 1 atom stereocenters. The molecule has 0 saturated heterocycles. The molecule has 0 aliphatic carbocycles. The average molecular weight is 347 g/mol. The molecule has 8 heteroatoms. The van der Waals surface area contributed by atoms with Crippen LogP contribution in [-0.4, -0.2) is 41.8 Å². The molecule has 0 bridgehead atoms. The fraction of sp³-hybridized carbons (Fsp3) is 0.412. The number of methoxy groups -OCH3 is 1. The van der Waals surface area contributed by atoms with E-state index in [4.69, 9.17) is 13.9 Å². The second kappa shape index (κ2) is 8.81. The van der Waals surface area contributed by atoms with Gasteiger partial charge in [0.25, 0.3) is 5.91 Å². The third kappa shape index (κ3) is 5.59. The van der Waals surface area contributed by atoms with E-state index in [1.807, 2.05) is 13.8 Å². The number of carbonyl (C=O) groups excluding carboxylic acids is 2. The Morgan fingerprint density at radius 1 is 1.24 bits per heavy atom. The molecule has 134 valence electrons. The summed E-state index contributed by atoms with van der Waals surface area (Å²) in [5.74, 6) is 0.293. The van der Waals surface area contributed by atoms with Crippen LogP contribution in [0.5, 0.6) is 5.75 Å². The number of rotatable bonds is 8. The summed E-state index contributed by atoms with van der Waals surface area (Å²) in [6.45, 7) is 3.72. The third-order valence-electron chi connectivity index (χ3n) is 3.36. The van der Waals surface area contributed by atoms with Crippen molar-refractivity contribution >= 4 is 11.9 Å². The van der Waals surface area contributed by atoms with Crippen molar-refractivity contribution < 1.29 is 23.5 Å². The summed E-state index contributed by atoms with van der Waals surface area (Å²) in [5, 5.41) is 10.0. The Morgan fingerprint density at radius 3 is 2.52 bits per heavy atom. The molecule has 1 aromatic carbocycles. The van der Waals surface area contributed by atoms with Crippen molar-refractivity contribution in [1.29, 1.82) is 0 Å². The van der Waals surface area contributed by atoms with Gasteiger partial charge in [-0.05, 0) is 36.6 Å². The number of ether oxygens (including phenoxy) is 2. The number of hydrogen-bond donors (Lipinski definition) is 1. The van der Waals surface area contributed by atoms with Crippen LogP contribution < -0.4 is 10.1 Å². The second-order valence-corrected chi connectivity index (χ2v) is 5.83. The summed E-state index contributed by atoms with van der Waals surface area (Å²) in [5.41, 5.74) is 0.747. The van der Waals surface area contributed by atoms with Crippen LogP contribution >= 0.6 is 0 Å². The van der Waals surface area contributed by atoms with Crippen LogP contribution in [0.1, 0.15) is 20.3 Å². The summed E-state index contributed by atoms with van der Waals surface area (Å²) in [7, 11) is 1.29. The Morgan fingerprint density at radius 2 is 1.96 bits per heavy atom. The molecule has 1 aromatic heterocycles. The Labute approximate surface area is 145 Å². The van der Waals surface area contributed by atoms with E-state index in [0.29, 0.717) is 18.1 Å². The predicted octanol–water partition coefficient (Wildman–Crippen LogP) is 1.82. The Kier molecular flexibility index (Phi) is 6.50. The van der Waals surface area contributed by atoms with Gasteiger partial charge in [0.05, 0.1) is 7.11 Å². The molecule has 0 aliphatic heterocycles. The Balaban J connectivity index is 1.87. The molecule has 8 nitrogen and oxygen atoms in total. The number of nitrogens with one attached hydrogen (secondary N) is 1. The summed E-state index contributed by atoms with van der Waals surface area (Å²) in [6, 6.07) is 6.20. The van der Waals surface area contributed by atoms with E-state index in [1.165, 1.54) is 13.5 Å². The van der Waals surface area contributed by atoms with Gasteiger partial charge in [-0.1, -0.05) is 13.8 Å². The van der Waals surface area contributed by atoms with Crippen molar-refractivity contribution in [1.82, 2.24) is 15.5 Å². The van der Waals surface area contributed by atoms with Gasteiger partial charge >= 0.3 is 5.97 Å². The zero-order chi connectivity index (χ0) is 18.2. The number of nitrogens with zero attached hydrogens (tertiary/aromatic N) is 2. The minimum Gasteiger partial charge on any atom is -0.484 e. The minimum atomic E-state index is -0.680. The van der Waals surface area contributed by atoms with Gasteiger partial charge in [0.15, 0.2) is 6.61 Å². The molecular formula is C17H21N3O5. The molecule has 0 aliphatic rings. The van der Waals surface area contributed by atoms with Crippen molar-refractivity contribution in [3.05, 3.63) is 30.7 Å². The maximum Gasteiger partial charge on any atom is 0.328 e. The lowest BCUT2D eigenvalue weighted by Gasteiger charge is -2.18. The molecule has 25 heavy (non-hydrogen) atoms. The average Bonchev–Trinajstić information content (AvgIpc) is 3.13. The number of amides is 1. The number of carbonyl (C=O) groups is 2. The van der Waals surface area contributed by atoms with Gasteiger partial charge in [-0.25, -0.2) is 4.79 Å². The van der Waals surface area contributed by atoms with E-state index < -0.39 is 17.9 Å². The molecule has 0 radical (unpaired) electrons. The normalized spacial score (nSPS) is 11.8. The summed E-state index contributed by atoms with van der Waals surface area (Å²) >= 11 is 0. The van der Waals surface area contributed by atoms with Crippen molar-refractivity contribution in [2.45, 2.75) is 26.3 Å². The number of aromatic nitrogens is 2. The molecule has 0 spiro atoms. The number of benzene rings is 1. The molecule has 2 aromatic rings. The molecule has 0 fully saturated rings. The summed E-state index contributed by atoms with van der Waals surface area (Å²) in [6.07, 6.45) is 1.75. The van der Waals surface area contributed by atoms with E-state index in [9.17, 15) is 9.59 Å². The lowest BCUT2D eigenvalue weighted by Crippen LogP contribution is -2.44. The van der Waals surface area contributed by atoms with Crippen LogP contribution in [0, 0.1) is 5.92 Å². The van der Waals surface area contributed by atoms with Crippen molar-refractivity contribution in [2.24, 2.45) is 5.92 Å². The lowest BCUT2D eigenvalue weighted by molar-refractivity contribution is -0.145. The number of esters is 1. The maximum absolute atomic E-state index is 12.0. The molecule has 1 heterocycles. The fourth-order valence-electron chi connectivity index (χ4n) is 2.21. The SMILES string of the molecule is COC(=O)[C@H](CC(C)C)NC(=O)COc1ccc(-c2nnco2)cc1. The molecular weight excluding hydrogens is 326 g/mol. The molecule has 2 rings (SSSR count). The Bertz CT molecular complexity index is 683. The van der Waals surface area contributed by atoms with Crippen molar-refractivity contribution in [2.75, 3.05) is 13.7 Å². The standard InChI is InChI=1S/C17H21N3O5/c1-11(2)8-14(17(22)23-3)19-15(21)9-24-13-6-4-12(5-7-13)16-20-18-10-25-16/h4-7,10-11,14H,8-9H2,1-3H3,(H,19,21)/t14-/m0/s1. The Hall–Kier alpha value is -2.90. The van der Waals surface area contributed by atoms with E-state index >= 15 is 0 Å². The van der Waals surface area contributed by atoms with Crippen molar-refractivity contribution in [3.63, 3.8) is 0 Å². The van der Waals surface area contributed by atoms with Crippen molar-refractivity contribution in [3.8, 4) is 17.2 Å². The molecule has 0 unspecified atom stereocenters. The number of hydrogen-bond acceptors (Lipinski definition) is 7. The summed E-state index contributed by atoms with van der Waals surface area (Å²) in [4.78, 5) is 23.7. The fourth-order valence-corrected chi connectivity index (χ4v) is 2.21. The first kappa shape index (κ1) is 18.4. The highest BCUT2D eigenvalue weighted by Gasteiger charge is 2.22. The smallest absolute Gasteiger partial charge is 0.328 e. The van der Waals surface area contributed by atoms with Gasteiger partial charge in [0.2, 0.25) is 12.3 Å². The van der Waals surface area contributed by atoms with E-state index in [0.717, 1.165) is 5.56 Å². The van der Waals surface area contributed by atoms with Gasteiger partial charge in [-0.15, -0.1) is 10.2 Å². The van der Waals surface area contributed by atoms with Gasteiger partial charge in [-0.2, -0.15) is 0 Å². The zero-order valence-corrected chi connectivity index (χ0v) is 14.4. The van der Waals surface area contributed by atoms with Crippen LogP contribution in [0.3, 0.4) is 0 Å². The van der Waals surface area contributed by atoms with Crippen LogP contribution in [0.2, 0.25) is 0 Å². The first-order valence-corrected chi connectivity index (χ1v) is 7.86. The maximum atomic E-state index is 12.0. The minimum absolute atomic E-state index is 0.203. The van der Waals surface area contributed by atoms with Crippen LogP contribution in [0.4, 0.5) is 0 Å². The van der Waals surface area contributed by atoms with Gasteiger partial charge in [0.1, 0.15) is 11.8 Å². The van der Waals surface area contributed by atoms with E-state index in [-0.39, 0.29) is 12.5 Å². The molecule has 0 saturated carbocycles. The summed E-state index contributed by atoms with van der Waals surface area (Å²) < 4.78 is 15.2. The van der Waals surface area contributed by atoms with Crippen LogP contribution in [-0.2, 0) is 14.3 Å². The first-order chi connectivity index (χ1) is 12.0. The molecule has 1 N–H and O–H groups in total. The first-order valence-electron chi connectivity index (χ1n) is 7.86. The van der Waals surface area contributed by atoms with Gasteiger partial charge in [-0.3, -0.25) is 4.79 Å². The van der Waals surface area contributed by atoms with E-state index in [1.54, 1.807) is 24.3 Å². The lowest BCUT2D eigenvalue weighted by atomic mass is 10.0. The zero-order valence-electron chi connectivity index (χ0n) is 14.4. The molecule has 1 amide bonds. The largest absolute Gasteiger partial charge is 0.484 e. The quantitative estimate of drug-likeness (QED) is 0.726. The van der Waals surface area contributed by atoms with E-state index in [2.05, 4.69) is 15.5 Å². The topological polar surface area (TPSA) is 104 Å². The van der Waals surface area contributed by atoms with Crippen LogP contribution in [0.25, 0.3) is 11.5 Å². The highest BCUT2D eigenvalue weighted by atomic mass is 16.5. The highest BCUT2D eigenvalue weighted by molar-refractivity contribution is 5.85. The van der Waals surface area contributed by atoms with Gasteiger partial charge < -0.3 is 19.2 Å². The predicted molar refractivity (Wildman–Crippen MR) is 88.6 cm³/mol.